The fourth-order valence-corrected chi connectivity index (χ4v) is 2.90. The fourth-order valence-electron chi connectivity index (χ4n) is 2.90. The number of hydrogen-bond acceptors (Lipinski definition) is 4. The van der Waals surface area contributed by atoms with Crippen LogP contribution < -0.4 is 10.9 Å². The van der Waals surface area contributed by atoms with Crippen molar-refractivity contribution in [2.75, 3.05) is 11.9 Å². The number of hydrogen-bond donors (Lipinski definition) is 2. The van der Waals surface area contributed by atoms with Gasteiger partial charge in [-0.3, -0.25) is 14.5 Å². The molecule has 1 amide bonds. The van der Waals surface area contributed by atoms with Crippen LogP contribution in [0.3, 0.4) is 0 Å². The lowest BCUT2D eigenvalue weighted by Gasteiger charge is -2.26. The number of carbonyl (C=O) groups is 1. The Morgan fingerprint density at radius 2 is 2.04 bits per heavy atom. The molecule has 3 aromatic rings. The number of carbonyl (C=O) groups excluding carboxylic acids is 1. The Balaban J connectivity index is 1.76. The third-order valence-electron chi connectivity index (χ3n) is 4.44. The van der Waals surface area contributed by atoms with Gasteiger partial charge in [0.15, 0.2) is 0 Å². The zero-order valence-corrected chi connectivity index (χ0v) is 15.2. The molecule has 0 radical (unpaired) electrons. The molecule has 3 rings (SSSR count). The van der Waals surface area contributed by atoms with Gasteiger partial charge in [0.25, 0.3) is 5.56 Å². The lowest BCUT2D eigenvalue weighted by atomic mass is 10.2. The Kier molecular flexibility index (Phi) is 5.61. The third-order valence-corrected chi connectivity index (χ3v) is 4.44. The number of H-pyrrole nitrogens is 1. The van der Waals surface area contributed by atoms with Crippen LogP contribution in [0.5, 0.6) is 0 Å². The number of likely N-dealkylation sites (N-methyl/N-ethyl adjacent to an activating group) is 1. The van der Waals surface area contributed by atoms with E-state index in [-0.39, 0.29) is 11.5 Å². The highest BCUT2D eigenvalue weighted by Crippen LogP contribution is 2.13. The predicted octanol–water partition coefficient (Wildman–Crippen LogP) is 2.91. The number of nitrogens with zero attached hydrogens (tertiary/aromatic N) is 2. The number of para-hydroxylation sites is 1. The van der Waals surface area contributed by atoms with Crippen LogP contribution in [0, 0.1) is 5.82 Å². The summed E-state index contributed by atoms with van der Waals surface area (Å²) < 4.78 is 13.3. The van der Waals surface area contributed by atoms with Crippen LogP contribution in [-0.4, -0.2) is 33.4 Å². The van der Waals surface area contributed by atoms with Crippen molar-refractivity contribution in [1.82, 2.24) is 14.9 Å². The average molecular weight is 368 g/mol. The van der Waals surface area contributed by atoms with Gasteiger partial charge in [0, 0.05) is 5.69 Å². The van der Waals surface area contributed by atoms with Crippen LogP contribution in [0.4, 0.5) is 10.1 Å². The van der Waals surface area contributed by atoms with Crippen molar-refractivity contribution in [3.05, 3.63) is 70.5 Å². The number of benzene rings is 2. The maximum absolute atomic E-state index is 13.3. The summed E-state index contributed by atoms with van der Waals surface area (Å²) in [6, 6.07) is 12.4. The van der Waals surface area contributed by atoms with E-state index in [9.17, 15) is 14.0 Å². The summed E-state index contributed by atoms with van der Waals surface area (Å²) in [7, 11) is 0. The summed E-state index contributed by atoms with van der Waals surface area (Å²) in [5, 5.41) is 3.24. The number of nitrogens with one attached hydrogen (secondary N) is 2. The molecule has 2 N–H and O–H groups in total. The number of halogens is 1. The zero-order valence-electron chi connectivity index (χ0n) is 15.2. The number of amides is 1. The minimum Gasteiger partial charge on any atom is -0.325 e. The molecule has 0 saturated heterocycles. The van der Waals surface area contributed by atoms with Gasteiger partial charge in [0.05, 0.1) is 23.5 Å². The van der Waals surface area contributed by atoms with Crippen molar-refractivity contribution in [3.63, 3.8) is 0 Å². The number of aromatic amines is 1. The smallest absolute Gasteiger partial charge is 0.258 e. The normalized spacial score (nSPS) is 12.3. The molecule has 27 heavy (non-hydrogen) atoms. The molecule has 6 nitrogen and oxygen atoms in total. The van der Waals surface area contributed by atoms with Gasteiger partial charge < -0.3 is 10.3 Å². The molecule has 0 saturated carbocycles. The molecule has 0 bridgehead atoms. The second kappa shape index (κ2) is 8.09. The molecule has 2 aromatic carbocycles. The van der Waals surface area contributed by atoms with Gasteiger partial charge in [-0.25, -0.2) is 9.37 Å². The second-order valence-electron chi connectivity index (χ2n) is 6.27. The molecule has 0 fully saturated rings. The van der Waals surface area contributed by atoms with Crippen LogP contribution in [0.1, 0.15) is 19.7 Å². The van der Waals surface area contributed by atoms with Crippen molar-refractivity contribution in [2.45, 2.75) is 26.4 Å². The van der Waals surface area contributed by atoms with E-state index in [4.69, 9.17) is 0 Å². The highest BCUT2D eigenvalue weighted by molar-refractivity contribution is 5.94. The first kappa shape index (κ1) is 18.7. The number of aromatic nitrogens is 2. The molecule has 1 heterocycles. The van der Waals surface area contributed by atoms with Gasteiger partial charge in [-0.1, -0.05) is 25.1 Å². The van der Waals surface area contributed by atoms with Crippen LogP contribution in [0.2, 0.25) is 0 Å². The second-order valence-corrected chi connectivity index (χ2v) is 6.27. The fraction of sp³-hybridized carbons (Fsp3) is 0.250. The molecule has 1 atom stereocenters. The van der Waals surface area contributed by atoms with Crippen molar-refractivity contribution < 1.29 is 9.18 Å². The molecule has 1 aromatic heterocycles. The van der Waals surface area contributed by atoms with Crippen LogP contribution in [0.25, 0.3) is 10.9 Å². The molecular weight excluding hydrogens is 347 g/mol. The van der Waals surface area contributed by atoms with Gasteiger partial charge in [0.1, 0.15) is 11.6 Å². The Labute approximate surface area is 156 Å². The van der Waals surface area contributed by atoms with Crippen LogP contribution in [-0.2, 0) is 11.3 Å². The summed E-state index contributed by atoms with van der Waals surface area (Å²) in [6.45, 7) is 4.57. The first-order valence-corrected chi connectivity index (χ1v) is 8.76. The van der Waals surface area contributed by atoms with E-state index in [0.29, 0.717) is 35.5 Å². The van der Waals surface area contributed by atoms with Crippen molar-refractivity contribution in [3.8, 4) is 0 Å². The van der Waals surface area contributed by atoms with E-state index < -0.39 is 11.9 Å². The molecule has 0 aliphatic carbocycles. The predicted molar refractivity (Wildman–Crippen MR) is 103 cm³/mol. The number of fused-ring (bicyclic) bond motifs is 1. The first-order valence-electron chi connectivity index (χ1n) is 8.76. The third kappa shape index (κ3) is 4.38. The molecule has 0 spiro atoms. The monoisotopic (exact) mass is 368 g/mol. The topological polar surface area (TPSA) is 78.1 Å². The maximum Gasteiger partial charge on any atom is 0.258 e. The Hall–Kier alpha value is -3.06. The van der Waals surface area contributed by atoms with Crippen molar-refractivity contribution in [1.29, 1.82) is 0 Å². The highest BCUT2D eigenvalue weighted by Gasteiger charge is 2.21. The van der Waals surface area contributed by atoms with Crippen molar-refractivity contribution in [2.24, 2.45) is 0 Å². The summed E-state index contributed by atoms with van der Waals surface area (Å²) in [4.78, 5) is 33.9. The van der Waals surface area contributed by atoms with E-state index in [1.165, 1.54) is 18.2 Å². The maximum atomic E-state index is 13.3. The molecule has 7 heteroatoms. The van der Waals surface area contributed by atoms with E-state index in [1.54, 1.807) is 31.2 Å². The molecule has 0 aliphatic heterocycles. The average Bonchev–Trinajstić information content (AvgIpc) is 2.65. The first-order chi connectivity index (χ1) is 13.0. The largest absolute Gasteiger partial charge is 0.325 e. The number of rotatable bonds is 6. The van der Waals surface area contributed by atoms with E-state index in [2.05, 4.69) is 15.3 Å². The summed E-state index contributed by atoms with van der Waals surface area (Å²) in [5.41, 5.74) is 0.813. The zero-order chi connectivity index (χ0) is 19.4. The minimum atomic E-state index is -0.491. The van der Waals surface area contributed by atoms with E-state index in [1.807, 2.05) is 17.9 Å². The van der Waals surface area contributed by atoms with E-state index in [0.717, 1.165) is 0 Å². The Morgan fingerprint density at radius 1 is 1.26 bits per heavy atom. The summed E-state index contributed by atoms with van der Waals surface area (Å²) >= 11 is 0. The molecular formula is C20H21FN4O2. The van der Waals surface area contributed by atoms with Gasteiger partial charge >= 0.3 is 0 Å². The Morgan fingerprint density at radius 3 is 2.78 bits per heavy atom. The van der Waals surface area contributed by atoms with Gasteiger partial charge in [0.2, 0.25) is 5.91 Å². The van der Waals surface area contributed by atoms with Gasteiger partial charge in [-0.15, -0.1) is 0 Å². The summed E-state index contributed by atoms with van der Waals surface area (Å²) in [6.07, 6.45) is 0. The number of anilines is 1. The van der Waals surface area contributed by atoms with Crippen LogP contribution in [0.15, 0.2) is 53.3 Å². The van der Waals surface area contributed by atoms with Gasteiger partial charge in [-0.05, 0) is 43.8 Å². The van der Waals surface area contributed by atoms with Crippen molar-refractivity contribution >= 4 is 22.5 Å². The lowest BCUT2D eigenvalue weighted by Crippen LogP contribution is -2.42. The Bertz CT molecular complexity index is 1020. The lowest BCUT2D eigenvalue weighted by molar-refractivity contribution is -0.120. The standard InChI is InChI=1S/C20H21FN4O2/c1-3-25(13(2)19(26)22-15-8-6-7-14(21)11-15)12-18-23-17-10-5-4-9-16(17)20(27)24-18/h4-11,13H,3,12H2,1-2H3,(H,22,26)(H,23,24,27). The molecule has 140 valence electrons. The summed E-state index contributed by atoms with van der Waals surface area (Å²) in [5.74, 6) is -0.178. The quantitative estimate of drug-likeness (QED) is 0.701. The SMILES string of the molecule is CCN(Cc1nc2ccccc2c(=O)[nH]1)C(C)C(=O)Nc1cccc(F)c1. The molecule has 1 unspecified atom stereocenters. The van der Waals surface area contributed by atoms with Gasteiger partial charge in [-0.2, -0.15) is 0 Å². The molecule has 0 aliphatic rings. The van der Waals surface area contributed by atoms with E-state index >= 15 is 0 Å². The highest BCUT2D eigenvalue weighted by atomic mass is 19.1. The minimum absolute atomic E-state index is 0.205. The van der Waals surface area contributed by atoms with Crippen LogP contribution >= 0.6 is 0 Å².